The Labute approximate surface area is 158 Å². The Bertz CT molecular complexity index is 931. The molecule has 1 aliphatic carbocycles. The molecule has 1 unspecified atom stereocenters. The maximum absolute atomic E-state index is 10.2. The number of halogens is 1. The standard InChI is InChI=1S/C20H23ClN4O/c1-20(2,26)14-6-7-16(11-14)23-18-8-9-19-22-12-17(25(19)24-18)13-4-3-5-15(21)10-13/h3-5,8-10,12,14,16,26H,6-7,11H2,1-2H3,(H,23,24)/t14-,16?/m1/s1. The summed E-state index contributed by atoms with van der Waals surface area (Å²) in [4.78, 5) is 4.44. The zero-order valence-electron chi connectivity index (χ0n) is 15.0. The fourth-order valence-corrected chi connectivity index (χ4v) is 3.95. The molecule has 2 heterocycles. The number of nitrogens with zero attached hydrogens (tertiary/aromatic N) is 3. The maximum atomic E-state index is 10.2. The van der Waals surface area contributed by atoms with Gasteiger partial charge in [-0.25, -0.2) is 9.50 Å². The Morgan fingerprint density at radius 3 is 2.81 bits per heavy atom. The predicted molar refractivity (Wildman–Crippen MR) is 104 cm³/mol. The number of rotatable bonds is 4. The van der Waals surface area contributed by atoms with Crippen molar-refractivity contribution in [2.24, 2.45) is 5.92 Å². The van der Waals surface area contributed by atoms with E-state index >= 15 is 0 Å². The van der Waals surface area contributed by atoms with Crippen molar-refractivity contribution in [1.29, 1.82) is 0 Å². The summed E-state index contributed by atoms with van der Waals surface area (Å²) in [6.07, 6.45) is 4.84. The Kier molecular flexibility index (Phi) is 4.37. The molecule has 1 aliphatic rings. The first-order chi connectivity index (χ1) is 12.4. The second-order valence-corrected chi connectivity index (χ2v) is 8.08. The van der Waals surface area contributed by atoms with Gasteiger partial charge in [-0.1, -0.05) is 23.7 Å². The molecule has 2 N–H and O–H groups in total. The van der Waals surface area contributed by atoms with E-state index < -0.39 is 5.60 Å². The van der Waals surface area contributed by atoms with Crippen LogP contribution in [0.15, 0.2) is 42.6 Å². The molecule has 0 amide bonds. The van der Waals surface area contributed by atoms with E-state index in [1.165, 1.54) is 0 Å². The van der Waals surface area contributed by atoms with Gasteiger partial charge in [-0.3, -0.25) is 0 Å². The second kappa shape index (κ2) is 6.56. The van der Waals surface area contributed by atoms with E-state index in [-0.39, 0.29) is 0 Å². The van der Waals surface area contributed by atoms with Gasteiger partial charge in [-0.15, -0.1) is 5.10 Å². The van der Waals surface area contributed by atoms with E-state index in [0.29, 0.717) is 17.0 Å². The molecule has 5 nitrogen and oxygen atoms in total. The molecule has 6 heteroatoms. The number of aromatic nitrogens is 3. The Morgan fingerprint density at radius 1 is 1.23 bits per heavy atom. The third-order valence-electron chi connectivity index (χ3n) is 5.27. The molecule has 136 valence electrons. The fraction of sp³-hybridized carbons (Fsp3) is 0.400. The molecule has 0 aliphatic heterocycles. The van der Waals surface area contributed by atoms with Gasteiger partial charge in [0.2, 0.25) is 0 Å². The van der Waals surface area contributed by atoms with Crippen LogP contribution in [0, 0.1) is 5.92 Å². The minimum Gasteiger partial charge on any atom is -0.390 e. The van der Waals surface area contributed by atoms with E-state index in [9.17, 15) is 5.11 Å². The lowest BCUT2D eigenvalue weighted by Gasteiger charge is -2.25. The highest BCUT2D eigenvalue weighted by atomic mass is 35.5. The molecule has 4 rings (SSSR count). The Balaban J connectivity index is 1.59. The van der Waals surface area contributed by atoms with Crippen molar-refractivity contribution in [3.8, 4) is 11.3 Å². The van der Waals surface area contributed by atoms with Crippen LogP contribution in [0.25, 0.3) is 16.9 Å². The zero-order valence-corrected chi connectivity index (χ0v) is 15.7. The number of imidazole rings is 1. The summed E-state index contributed by atoms with van der Waals surface area (Å²) in [5.74, 6) is 1.14. The normalized spacial score (nSPS) is 20.6. The molecule has 2 atom stereocenters. The van der Waals surface area contributed by atoms with Gasteiger partial charge in [-0.05, 0) is 63.3 Å². The van der Waals surface area contributed by atoms with Crippen LogP contribution in [-0.2, 0) is 0 Å². The summed E-state index contributed by atoms with van der Waals surface area (Å²) in [6, 6.07) is 11.9. The Morgan fingerprint density at radius 2 is 2.08 bits per heavy atom. The van der Waals surface area contributed by atoms with Crippen LogP contribution in [0.4, 0.5) is 5.82 Å². The molecule has 0 saturated heterocycles. The first kappa shape index (κ1) is 17.3. The van der Waals surface area contributed by atoms with Gasteiger partial charge in [-0.2, -0.15) is 0 Å². The molecule has 1 fully saturated rings. The summed E-state index contributed by atoms with van der Waals surface area (Å²) in [7, 11) is 0. The van der Waals surface area contributed by atoms with E-state index in [1.807, 2.05) is 61.0 Å². The van der Waals surface area contributed by atoms with Gasteiger partial charge in [0.15, 0.2) is 5.65 Å². The first-order valence-corrected chi connectivity index (χ1v) is 9.37. The molecular weight excluding hydrogens is 348 g/mol. The van der Waals surface area contributed by atoms with Gasteiger partial charge in [0.1, 0.15) is 5.82 Å². The minimum absolute atomic E-state index is 0.319. The van der Waals surface area contributed by atoms with Crippen molar-refractivity contribution in [2.75, 3.05) is 5.32 Å². The van der Waals surface area contributed by atoms with Crippen LogP contribution in [0.5, 0.6) is 0 Å². The minimum atomic E-state index is -0.627. The van der Waals surface area contributed by atoms with Gasteiger partial charge >= 0.3 is 0 Å². The van der Waals surface area contributed by atoms with Crippen molar-refractivity contribution in [2.45, 2.75) is 44.8 Å². The summed E-state index contributed by atoms with van der Waals surface area (Å²) in [5, 5.41) is 19.2. The van der Waals surface area contributed by atoms with Crippen molar-refractivity contribution < 1.29 is 5.11 Å². The van der Waals surface area contributed by atoms with E-state index in [0.717, 1.165) is 42.0 Å². The maximum Gasteiger partial charge on any atom is 0.154 e. The van der Waals surface area contributed by atoms with Crippen LogP contribution in [0.3, 0.4) is 0 Å². The smallest absolute Gasteiger partial charge is 0.154 e. The highest BCUT2D eigenvalue weighted by Crippen LogP contribution is 2.35. The molecular formula is C20H23ClN4O. The van der Waals surface area contributed by atoms with Crippen LogP contribution in [0.2, 0.25) is 5.02 Å². The number of hydrogen-bond acceptors (Lipinski definition) is 4. The predicted octanol–water partition coefficient (Wildman–Crippen LogP) is 4.40. The zero-order chi connectivity index (χ0) is 18.3. The number of benzene rings is 1. The Hall–Kier alpha value is -2.11. The number of anilines is 1. The van der Waals surface area contributed by atoms with Crippen LogP contribution in [0.1, 0.15) is 33.1 Å². The lowest BCUT2D eigenvalue weighted by Crippen LogP contribution is -2.30. The largest absolute Gasteiger partial charge is 0.390 e. The van der Waals surface area contributed by atoms with Gasteiger partial charge in [0, 0.05) is 16.6 Å². The molecule has 1 aromatic carbocycles. The van der Waals surface area contributed by atoms with Crippen molar-refractivity contribution in [1.82, 2.24) is 14.6 Å². The average Bonchev–Trinajstić information content (AvgIpc) is 3.21. The topological polar surface area (TPSA) is 62.5 Å². The SMILES string of the molecule is CC(C)(O)[C@@H]1CCC(Nc2ccc3ncc(-c4cccc(Cl)c4)n3n2)C1. The van der Waals surface area contributed by atoms with Crippen molar-refractivity contribution >= 4 is 23.1 Å². The second-order valence-electron chi connectivity index (χ2n) is 7.65. The van der Waals surface area contributed by atoms with Gasteiger partial charge in [0.25, 0.3) is 0 Å². The summed E-state index contributed by atoms with van der Waals surface area (Å²) in [5.41, 5.74) is 2.06. The van der Waals surface area contributed by atoms with Gasteiger partial charge < -0.3 is 10.4 Å². The fourth-order valence-electron chi connectivity index (χ4n) is 3.76. The summed E-state index contributed by atoms with van der Waals surface area (Å²) >= 11 is 6.13. The average molecular weight is 371 g/mol. The van der Waals surface area contributed by atoms with E-state index in [4.69, 9.17) is 16.7 Å². The quantitative estimate of drug-likeness (QED) is 0.714. The number of hydrogen-bond donors (Lipinski definition) is 2. The van der Waals surface area contributed by atoms with Crippen molar-refractivity contribution in [3.63, 3.8) is 0 Å². The lowest BCUT2D eigenvalue weighted by atomic mass is 9.89. The number of nitrogens with one attached hydrogen (secondary N) is 1. The molecule has 0 bridgehead atoms. The third-order valence-corrected chi connectivity index (χ3v) is 5.50. The van der Waals surface area contributed by atoms with Crippen molar-refractivity contribution in [3.05, 3.63) is 47.6 Å². The molecule has 1 saturated carbocycles. The summed E-state index contributed by atoms with van der Waals surface area (Å²) in [6.45, 7) is 3.79. The highest BCUT2D eigenvalue weighted by molar-refractivity contribution is 6.30. The summed E-state index contributed by atoms with van der Waals surface area (Å²) < 4.78 is 1.84. The van der Waals surface area contributed by atoms with Gasteiger partial charge in [0.05, 0.1) is 17.5 Å². The molecule has 0 radical (unpaired) electrons. The molecule has 0 spiro atoms. The van der Waals surface area contributed by atoms with Crippen LogP contribution >= 0.6 is 11.6 Å². The third kappa shape index (κ3) is 3.41. The monoisotopic (exact) mass is 370 g/mol. The number of fused-ring (bicyclic) bond motifs is 1. The number of aliphatic hydroxyl groups is 1. The molecule has 26 heavy (non-hydrogen) atoms. The molecule has 3 aromatic rings. The van der Waals surface area contributed by atoms with E-state index in [1.54, 1.807) is 0 Å². The van der Waals surface area contributed by atoms with Crippen LogP contribution in [-0.4, -0.2) is 31.3 Å². The van der Waals surface area contributed by atoms with E-state index in [2.05, 4.69) is 10.3 Å². The lowest BCUT2D eigenvalue weighted by molar-refractivity contribution is 0.0197. The first-order valence-electron chi connectivity index (χ1n) is 9.00. The highest BCUT2D eigenvalue weighted by Gasteiger charge is 2.34. The van der Waals surface area contributed by atoms with Crippen LogP contribution < -0.4 is 5.32 Å². The molecule has 2 aromatic heterocycles.